The molecule has 0 saturated heterocycles. The van der Waals surface area contributed by atoms with Crippen LogP contribution in [0.4, 0.5) is 5.13 Å². The first kappa shape index (κ1) is 13.0. The molecule has 3 N–H and O–H groups in total. The van der Waals surface area contributed by atoms with Gasteiger partial charge in [-0.3, -0.25) is 4.79 Å². The number of amides is 1. The molecule has 1 atom stereocenters. The molecule has 0 aliphatic heterocycles. The Bertz CT molecular complexity index is 507. The molecule has 0 aromatic carbocycles. The van der Waals surface area contributed by atoms with Gasteiger partial charge in [-0.1, -0.05) is 0 Å². The van der Waals surface area contributed by atoms with E-state index >= 15 is 0 Å². The van der Waals surface area contributed by atoms with E-state index in [0.29, 0.717) is 11.6 Å². The monoisotopic (exact) mass is 281 g/mol. The molecule has 2 rings (SSSR count). The largest absolute Gasteiger partial charge is 0.375 e. The zero-order valence-corrected chi connectivity index (χ0v) is 11.7. The minimum Gasteiger partial charge on any atom is -0.375 e. The average molecular weight is 281 g/mol. The van der Waals surface area contributed by atoms with Crippen LogP contribution in [-0.2, 0) is 17.6 Å². The van der Waals surface area contributed by atoms with E-state index in [-0.39, 0.29) is 11.9 Å². The number of thiazole rings is 1. The van der Waals surface area contributed by atoms with Gasteiger partial charge in [-0.25, -0.2) is 4.98 Å². The molecule has 4 nitrogen and oxygen atoms in total. The van der Waals surface area contributed by atoms with Gasteiger partial charge < -0.3 is 11.1 Å². The molecule has 0 spiro atoms. The third kappa shape index (κ3) is 3.82. The van der Waals surface area contributed by atoms with Gasteiger partial charge in [0.1, 0.15) is 0 Å². The molecule has 0 saturated carbocycles. The van der Waals surface area contributed by atoms with Gasteiger partial charge in [0.2, 0.25) is 5.91 Å². The smallest absolute Gasteiger partial charge is 0.226 e. The topological polar surface area (TPSA) is 68.0 Å². The molecule has 0 bridgehead atoms. The second-order valence-corrected chi connectivity index (χ2v) is 5.83. The SMILES string of the molecule is CC(Cc1ccsc1)NC(=O)Cc1csc(N)n1. The summed E-state index contributed by atoms with van der Waals surface area (Å²) in [6.07, 6.45) is 1.15. The second-order valence-electron chi connectivity index (χ2n) is 4.16. The summed E-state index contributed by atoms with van der Waals surface area (Å²) in [4.78, 5) is 15.8. The summed E-state index contributed by atoms with van der Waals surface area (Å²) in [5, 5.41) is 9.43. The molecule has 96 valence electrons. The molecule has 18 heavy (non-hydrogen) atoms. The van der Waals surface area contributed by atoms with Crippen molar-refractivity contribution in [1.82, 2.24) is 10.3 Å². The van der Waals surface area contributed by atoms with Gasteiger partial charge in [0.15, 0.2) is 5.13 Å². The van der Waals surface area contributed by atoms with Crippen LogP contribution in [0.5, 0.6) is 0 Å². The number of hydrogen-bond donors (Lipinski definition) is 2. The van der Waals surface area contributed by atoms with E-state index in [1.165, 1.54) is 16.9 Å². The summed E-state index contributed by atoms with van der Waals surface area (Å²) in [5.41, 5.74) is 7.51. The normalized spacial score (nSPS) is 12.3. The molecule has 0 fully saturated rings. The lowest BCUT2D eigenvalue weighted by molar-refractivity contribution is -0.121. The summed E-state index contributed by atoms with van der Waals surface area (Å²) in [7, 11) is 0. The lowest BCUT2D eigenvalue weighted by Gasteiger charge is -2.12. The molecule has 1 unspecified atom stereocenters. The van der Waals surface area contributed by atoms with Crippen LogP contribution in [0.15, 0.2) is 22.2 Å². The van der Waals surface area contributed by atoms with Crippen LogP contribution >= 0.6 is 22.7 Å². The van der Waals surface area contributed by atoms with Crippen LogP contribution in [0.2, 0.25) is 0 Å². The zero-order valence-electron chi connectivity index (χ0n) is 10.1. The van der Waals surface area contributed by atoms with Gasteiger partial charge in [0, 0.05) is 11.4 Å². The highest BCUT2D eigenvalue weighted by molar-refractivity contribution is 7.13. The fourth-order valence-electron chi connectivity index (χ4n) is 1.71. The van der Waals surface area contributed by atoms with Crippen molar-refractivity contribution in [2.75, 3.05) is 5.73 Å². The summed E-state index contributed by atoms with van der Waals surface area (Å²) < 4.78 is 0. The molecular weight excluding hydrogens is 266 g/mol. The highest BCUT2D eigenvalue weighted by atomic mass is 32.1. The molecule has 0 aliphatic carbocycles. The Balaban J connectivity index is 1.80. The molecular formula is C12H15N3OS2. The highest BCUT2D eigenvalue weighted by Gasteiger charge is 2.10. The number of nitrogens with zero attached hydrogens (tertiary/aromatic N) is 1. The molecule has 0 aliphatic rings. The Morgan fingerprint density at radius 3 is 3.00 bits per heavy atom. The molecule has 6 heteroatoms. The van der Waals surface area contributed by atoms with Gasteiger partial charge in [0.05, 0.1) is 12.1 Å². The van der Waals surface area contributed by atoms with Crippen LogP contribution in [0.3, 0.4) is 0 Å². The summed E-state index contributed by atoms with van der Waals surface area (Å²) in [6.45, 7) is 2.00. The average Bonchev–Trinajstić information content (AvgIpc) is 2.90. The van der Waals surface area contributed by atoms with Gasteiger partial charge in [-0.05, 0) is 35.7 Å². The number of nitrogen functional groups attached to an aromatic ring is 1. The Kier molecular flexibility index (Phi) is 4.33. The first-order valence-corrected chi connectivity index (χ1v) is 7.46. The maximum atomic E-state index is 11.8. The summed E-state index contributed by atoms with van der Waals surface area (Å²) >= 11 is 3.03. The lowest BCUT2D eigenvalue weighted by atomic mass is 10.1. The molecule has 2 heterocycles. The quantitative estimate of drug-likeness (QED) is 0.881. The molecule has 1 amide bonds. The molecule has 2 aromatic heterocycles. The number of thiophene rings is 1. The highest BCUT2D eigenvalue weighted by Crippen LogP contribution is 2.12. The summed E-state index contributed by atoms with van der Waals surface area (Å²) in [5.74, 6) is -0.0111. The Morgan fingerprint density at radius 1 is 1.56 bits per heavy atom. The minimum absolute atomic E-state index is 0.0111. The van der Waals surface area contributed by atoms with Gasteiger partial charge >= 0.3 is 0 Å². The van der Waals surface area contributed by atoms with E-state index in [1.807, 2.05) is 17.7 Å². The van der Waals surface area contributed by atoms with E-state index < -0.39 is 0 Å². The first-order valence-electron chi connectivity index (χ1n) is 5.64. The van der Waals surface area contributed by atoms with E-state index in [9.17, 15) is 4.79 Å². The van der Waals surface area contributed by atoms with Gasteiger partial charge in [-0.15, -0.1) is 11.3 Å². The number of aromatic nitrogens is 1. The van der Waals surface area contributed by atoms with E-state index in [1.54, 1.807) is 11.3 Å². The van der Waals surface area contributed by atoms with Gasteiger partial charge in [-0.2, -0.15) is 11.3 Å². The summed E-state index contributed by atoms with van der Waals surface area (Å²) in [6, 6.07) is 2.21. The lowest BCUT2D eigenvalue weighted by Crippen LogP contribution is -2.35. The van der Waals surface area contributed by atoms with Crippen LogP contribution in [0, 0.1) is 0 Å². The number of nitrogens with one attached hydrogen (secondary N) is 1. The van der Waals surface area contributed by atoms with Crippen LogP contribution < -0.4 is 11.1 Å². The van der Waals surface area contributed by atoms with Crippen LogP contribution in [0.1, 0.15) is 18.2 Å². The number of hydrogen-bond acceptors (Lipinski definition) is 5. The van der Waals surface area contributed by atoms with Crippen LogP contribution in [0.25, 0.3) is 0 Å². The number of nitrogens with two attached hydrogens (primary N) is 1. The first-order chi connectivity index (χ1) is 8.63. The maximum absolute atomic E-state index is 11.8. The van der Waals surface area contributed by atoms with Crippen molar-refractivity contribution < 1.29 is 4.79 Å². The predicted octanol–water partition coefficient (Wildman–Crippen LogP) is 2.08. The standard InChI is InChI=1S/C12H15N3OS2/c1-8(4-9-2-3-17-6-9)14-11(16)5-10-7-18-12(13)15-10/h2-3,6-8H,4-5H2,1H3,(H2,13,15)(H,14,16). The fourth-order valence-corrected chi connectivity index (χ4v) is 2.95. The van der Waals surface area contributed by atoms with E-state index in [2.05, 4.69) is 21.7 Å². The fraction of sp³-hybridized carbons (Fsp3) is 0.333. The number of anilines is 1. The van der Waals surface area contributed by atoms with Crippen molar-refractivity contribution in [3.8, 4) is 0 Å². The third-order valence-corrected chi connectivity index (χ3v) is 3.90. The number of carbonyl (C=O) groups is 1. The van der Waals surface area contributed by atoms with E-state index in [4.69, 9.17) is 5.73 Å². The predicted molar refractivity (Wildman–Crippen MR) is 75.9 cm³/mol. The Labute approximate surface area is 114 Å². The van der Waals surface area contributed by atoms with Crippen molar-refractivity contribution in [3.05, 3.63) is 33.5 Å². The van der Waals surface area contributed by atoms with Crippen molar-refractivity contribution >= 4 is 33.7 Å². The third-order valence-electron chi connectivity index (χ3n) is 2.44. The zero-order chi connectivity index (χ0) is 13.0. The van der Waals surface area contributed by atoms with Crippen LogP contribution in [-0.4, -0.2) is 16.9 Å². The van der Waals surface area contributed by atoms with E-state index in [0.717, 1.165) is 12.1 Å². The number of carbonyl (C=O) groups excluding carboxylic acids is 1. The van der Waals surface area contributed by atoms with Crippen molar-refractivity contribution in [2.45, 2.75) is 25.8 Å². The second kappa shape index (κ2) is 5.97. The van der Waals surface area contributed by atoms with Gasteiger partial charge in [0.25, 0.3) is 0 Å². The Hall–Kier alpha value is -1.40. The number of rotatable bonds is 5. The molecule has 2 aromatic rings. The Morgan fingerprint density at radius 2 is 2.39 bits per heavy atom. The molecule has 0 radical (unpaired) electrons. The van der Waals surface area contributed by atoms with Crippen molar-refractivity contribution in [1.29, 1.82) is 0 Å². The minimum atomic E-state index is -0.0111. The van der Waals surface area contributed by atoms with Crippen molar-refractivity contribution in [2.24, 2.45) is 0 Å². The maximum Gasteiger partial charge on any atom is 0.226 e. The van der Waals surface area contributed by atoms with Crippen molar-refractivity contribution in [3.63, 3.8) is 0 Å².